The molecule has 3 rings (SSSR count). The highest BCUT2D eigenvalue weighted by Crippen LogP contribution is 2.36. The Labute approximate surface area is 145 Å². The van der Waals surface area contributed by atoms with Crippen LogP contribution in [-0.2, 0) is 7.05 Å². The van der Waals surface area contributed by atoms with Gasteiger partial charge in [-0.1, -0.05) is 71.4 Å². The molecule has 0 unspecified atom stereocenters. The van der Waals surface area contributed by atoms with Gasteiger partial charge in [0.05, 0.1) is 0 Å². The standard InChI is InChI=1S/C18H18N4OS/c1-12-4-8-14(9-5-12)16(23)17(15-10-6-13(2)7-11-15)24-18-19-20-21-22(18)3/h4-11,17H,1-3H3/t17-/m1/s1. The van der Waals surface area contributed by atoms with Gasteiger partial charge in [0.1, 0.15) is 5.25 Å². The van der Waals surface area contributed by atoms with Gasteiger partial charge in [-0.25, -0.2) is 4.68 Å². The molecule has 3 aromatic rings. The van der Waals surface area contributed by atoms with Gasteiger partial charge in [0.15, 0.2) is 5.78 Å². The van der Waals surface area contributed by atoms with E-state index in [0.29, 0.717) is 10.7 Å². The maximum atomic E-state index is 13.1. The number of ketones is 1. The number of thioether (sulfide) groups is 1. The van der Waals surface area contributed by atoms with Gasteiger partial charge in [0.25, 0.3) is 0 Å². The van der Waals surface area contributed by atoms with E-state index < -0.39 is 5.25 Å². The molecule has 0 fully saturated rings. The van der Waals surface area contributed by atoms with Crippen LogP contribution in [-0.4, -0.2) is 26.0 Å². The third-order valence-corrected chi connectivity index (χ3v) is 5.04. The second-order valence-corrected chi connectivity index (χ2v) is 6.80. The van der Waals surface area contributed by atoms with Crippen molar-refractivity contribution in [1.82, 2.24) is 20.2 Å². The van der Waals surface area contributed by atoms with Crippen molar-refractivity contribution in [3.63, 3.8) is 0 Å². The predicted molar refractivity (Wildman–Crippen MR) is 94.1 cm³/mol. The summed E-state index contributed by atoms with van der Waals surface area (Å²) in [6, 6.07) is 15.6. The Hall–Kier alpha value is -2.47. The summed E-state index contributed by atoms with van der Waals surface area (Å²) in [5.41, 5.74) is 3.92. The van der Waals surface area contributed by atoms with E-state index in [1.165, 1.54) is 11.8 Å². The molecule has 0 aliphatic rings. The lowest BCUT2D eigenvalue weighted by atomic mass is 10.0. The molecule has 5 nitrogen and oxygen atoms in total. The van der Waals surface area contributed by atoms with Gasteiger partial charge in [0.2, 0.25) is 5.16 Å². The molecule has 0 saturated heterocycles. The smallest absolute Gasteiger partial charge is 0.210 e. The monoisotopic (exact) mass is 338 g/mol. The van der Waals surface area contributed by atoms with Crippen LogP contribution in [0.3, 0.4) is 0 Å². The topological polar surface area (TPSA) is 60.7 Å². The molecule has 0 saturated carbocycles. The summed E-state index contributed by atoms with van der Waals surface area (Å²) in [6.45, 7) is 4.03. The minimum absolute atomic E-state index is 0.0480. The van der Waals surface area contributed by atoms with E-state index in [1.807, 2.05) is 62.4 Å². The van der Waals surface area contributed by atoms with E-state index in [9.17, 15) is 4.79 Å². The van der Waals surface area contributed by atoms with Crippen LogP contribution in [0.5, 0.6) is 0 Å². The average Bonchev–Trinajstić information content (AvgIpc) is 2.99. The van der Waals surface area contributed by atoms with Crippen molar-refractivity contribution in [1.29, 1.82) is 0 Å². The molecule has 1 heterocycles. The van der Waals surface area contributed by atoms with Crippen LogP contribution in [0.25, 0.3) is 0 Å². The minimum atomic E-state index is -0.391. The molecule has 1 atom stereocenters. The van der Waals surface area contributed by atoms with E-state index in [2.05, 4.69) is 15.5 Å². The highest BCUT2D eigenvalue weighted by Gasteiger charge is 2.25. The van der Waals surface area contributed by atoms with Gasteiger partial charge < -0.3 is 0 Å². The van der Waals surface area contributed by atoms with Gasteiger partial charge in [-0.3, -0.25) is 4.79 Å². The molecular formula is C18H18N4OS. The van der Waals surface area contributed by atoms with Crippen molar-refractivity contribution >= 4 is 17.5 Å². The zero-order chi connectivity index (χ0) is 17.1. The highest BCUT2D eigenvalue weighted by atomic mass is 32.2. The van der Waals surface area contributed by atoms with E-state index in [1.54, 1.807) is 11.7 Å². The Kier molecular flexibility index (Phi) is 4.76. The Morgan fingerprint density at radius 3 is 2.12 bits per heavy atom. The summed E-state index contributed by atoms with van der Waals surface area (Å²) < 4.78 is 1.58. The molecule has 0 N–H and O–H groups in total. The number of benzene rings is 2. The van der Waals surface area contributed by atoms with Gasteiger partial charge in [-0.05, 0) is 29.8 Å². The van der Waals surface area contributed by atoms with Gasteiger partial charge in [-0.2, -0.15) is 0 Å². The number of nitrogens with zero attached hydrogens (tertiary/aromatic N) is 4. The molecule has 0 aliphatic carbocycles. The molecule has 0 bridgehead atoms. The van der Waals surface area contributed by atoms with Gasteiger partial charge in [-0.15, -0.1) is 5.10 Å². The third kappa shape index (κ3) is 3.54. The molecule has 2 aromatic carbocycles. The molecule has 24 heavy (non-hydrogen) atoms. The predicted octanol–water partition coefficient (Wildman–Crippen LogP) is 3.54. The van der Waals surface area contributed by atoms with E-state index >= 15 is 0 Å². The lowest BCUT2D eigenvalue weighted by molar-refractivity contribution is 0.0989. The lowest BCUT2D eigenvalue weighted by Crippen LogP contribution is -2.11. The van der Waals surface area contributed by atoms with Crippen molar-refractivity contribution < 1.29 is 4.79 Å². The van der Waals surface area contributed by atoms with E-state index in [4.69, 9.17) is 0 Å². The zero-order valence-corrected chi connectivity index (χ0v) is 14.6. The first-order valence-electron chi connectivity index (χ1n) is 7.61. The number of carbonyl (C=O) groups excluding carboxylic acids is 1. The van der Waals surface area contributed by atoms with Gasteiger partial charge >= 0.3 is 0 Å². The highest BCUT2D eigenvalue weighted by molar-refractivity contribution is 8.00. The normalized spacial score (nSPS) is 12.1. The van der Waals surface area contributed by atoms with Crippen LogP contribution in [0.4, 0.5) is 0 Å². The second-order valence-electron chi connectivity index (χ2n) is 5.72. The number of rotatable bonds is 5. The van der Waals surface area contributed by atoms with Crippen molar-refractivity contribution in [2.45, 2.75) is 24.3 Å². The number of hydrogen-bond acceptors (Lipinski definition) is 5. The SMILES string of the molecule is Cc1ccc(C(=O)[C@H](Sc2nnnn2C)c2ccc(C)cc2)cc1. The number of hydrogen-bond donors (Lipinski definition) is 0. The number of carbonyl (C=O) groups is 1. The zero-order valence-electron chi connectivity index (χ0n) is 13.8. The molecule has 6 heteroatoms. The summed E-state index contributed by atoms with van der Waals surface area (Å²) in [7, 11) is 1.77. The largest absolute Gasteiger partial charge is 0.293 e. The van der Waals surface area contributed by atoms with Crippen molar-refractivity contribution in [2.75, 3.05) is 0 Å². The number of Topliss-reactive ketones (excluding diaryl/α,β-unsaturated/α-hetero) is 1. The van der Waals surface area contributed by atoms with Crippen molar-refractivity contribution in [3.05, 3.63) is 70.8 Å². The molecular weight excluding hydrogens is 320 g/mol. The van der Waals surface area contributed by atoms with Crippen LogP contribution in [0.15, 0.2) is 53.7 Å². The summed E-state index contributed by atoms with van der Waals surface area (Å²) in [6.07, 6.45) is 0. The first-order chi connectivity index (χ1) is 11.5. The minimum Gasteiger partial charge on any atom is -0.293 e. The van der Waals surface area contributed by atoms with Crippen LogP contribution in [0.2, 0.25) is 0 Å². The lowest BCUT2D eigenvalue weighted by Gasteiger charge is -2.15. The summed E-state index contributed by atoms with van der Waals surface area (Å²) in [4.78, 5) is 13.1. The fourth-order valence-electron chi connectivity index (χ4n) is 2.31. The molecule has 0 amide bonds. The Morgan fingerprint density at radius 1 is 1.00 bits per heavy atom. The van der Waals surface area contributed by atoms with Crippen LogP contribution < -0.4 is 0 Å². The third-order valence-electron chi connectivity index (χ3n) is 3.76. The fraction of sp³-hybridized carbons (Fsp3) is 0.222. The summed E-state index contributed by atoms with van der Waals surface area (Å²) >= 11 is 1.37. The molecule has 0 aliphatic heterocycles. The van der Waals surface area contributed by atoms with Crippen LogP contribution in [0.1, 0.15) is 32.3 Å². The Bertz CT molecular complexity index is 840. The maximum Gasteiger partial charge on any atom is 0.210 e. The van der Waals surface area contributed by atoms with E-state index in [-0.39, 0.29) is 5.78 Å². The Balaban J connectivity index is 1.97. The number of aromatic nitrogens is 4. The average molecular weight is 338 g/mol. The van der Waals surface area contributed by atoms with Crippen LogP contribution in [0, 0.1) is 13.8 Å². The quantitative estimate of drug-likeness (QED) is 0.526. The van der Waals surface area contributed by atoms with Crippen molar-refractivity contribution in [3.8, 4) is 0 Å². The Morgan fingerprint density at radius 2 is 1.58 bits per heavy atom. The summed E-state index contributed by atoms with van der Waals surface area (Å²) in [5.74, 6) is 0.0480. The molecule has 0 radical (unpaired) electrons. The van der Waals surface area contributed by atoms with E-state index in [0.717, 1.165) is 16.7 Å². The fourth-order valence-corrected chi connectivity index (χ4v) is 3.33. The van der Waals surface area contributed by atoms with Gasteiger partial charge in [0, 0.05) is 12.6 Å². The number of tetrazole rings is 1. The second kappa shape index (κ2) is 6.97. The van der Waals surface area contributed by atoms with Crippen molar-refractivity contribution in [2.24, 2.45) is 7.05 Å². The molecule has 122 valence electrons. The molecule has 0 spiro atoms. The molecule has 1 aromatic heterocycles. The first-order valence-corrected chi connectivity index (χ1v) is 8.49. The number of aryl methyl sites for hydroxylation is 3. The summed E-state index contributed by atoms with van der Waals surface area (Å²) in [5, 5.41) is 11.7. The maximum absolute atomic E-state index is 13.1. The first kappa shape index (κ1) is 16.4. The van der Waals surface area contributed by atoms with Crippen LogP contribution >= 0.6 is 11.8 Å².